The maximum Gasteiger partial charge on any atom is 0.328 e. The van der Waals surface area contributed by atoms with Crippen LogP contribution in [0.25, 0.3) is 17.4 Å². The number of ether oxygens (including phenoxy) is 1. The molecule has 6 nitrogen and oxygen atoms in total. The molecule has 0 aromatic carbocycles. The smallest absolute Gasteiger partial charge is 0.328 e. The Kier molecular flexibility index (Phi) is 5.68. The van der Waals surface area contributed by atoms with Crippen LogP contribution in [-0.4, -0.2) is 33.2 Å². The van der Waals surface area contributed by atoms with E-state index in [1.807, 2.05) is 6.08 Å². The minimum Gasteiger partial charge on any atom is -0.385 e. The van der Waals surface area contributed by atoms with E-state index in [4.69, 9.17) is 4.74 Å². The first-order chi connectivity index (χ1) is 10.3. The fourth-order valence-corrected chi connectivity index (χ4v) is 2.11. The molecule has 0 spiro atoms. The Balaban J connectivity index is 2.21. The summed E-state index contributed by atoms with van der Waals surface area (Å²) in [6, 6.07) is 0. The second-order valence-electron chi connectivity index (χ2n) is 4.94. The molecule has 0 radical (unpaired) electrons. The summed E-state index contributed by atoms with van der Waals surface area (Å²) >= 11 is 0. The molecule has 2 aromatic heterocycles. The van der Waals surface area contributed by atoms with Crippen molar-refractivity contribution in [1.29, 1.82) is 0 Å². The third-order valence-electron chi connectivity index (χ3n) is 3.24. The average Bonchev–Trinajstić information content (AvgIpc) is 2.80. The summed E-state index contributed by atoms with van der Waals surface area (Å²) in [4.78, 5) is 23.4. The van der Waals surface area contributed by atoms with Crippen molar-refractivity contribution in [3.63, 3.8) is 0 Å². The van der Waals surface area contributed by atoms with Crippen LogP contribution in [0.4, 0.5) is 0 Å². The number of aromatic amines is 1. The molecule has 2 rings (SSSR count). The average molecular weight is 290 g/mol. The number of nitrogens with zero attached hydrogens (tertiary/aromatic N) is 3. The fourth-order valence-electron chi connectivity index (χ4n) is 2.11. The highest BCUT2D eigenvalue weighted by molar-refractivity contribution is 5.67. The van der Waals surface area contributed by atoms with Crippen LogP contribution in [0.1, 0.15) is 38.3 Å². The van der Waals surface area contributed by atoms with Crippen molar-refractivity contribution in [2.45, 2.75) is 39.2 Å². The molecule has 0 unspecified atom stereocenters. The molecule has 0 amide bonds. The van der Waals surface area contributed by atoms with Gasteiger partial charge in [-0.2, -0.15) is 0 Å². The van der Waals surface area contributed by atoms with Crippen LogP contribution in [0.15, 0.2) is 17.1 Å². The first-order valence-corrected chi connectivity index (χ1v) is 7.37. The monoisotopic (exact) mass is 290 g/mol. The summed E-state index contributed by atoms with van der Waals surface area (Å²) in [5.41, 5.74) is 1.74. The SMILES string of the molecule is CCCC/C=C/c1cnc2[nH]c(=O)n(CCCOC)c2n1. The second-order valence-corrected chi connectivity index (χ2v) is 4.94. The van der Waals surface area contributed by atoms with Crippen molar-refractivity contribution in [2.75, 3.05) is 13.7 Å². The van der Waals surface area contributed by atoms with Crippen LogP contribution in [0.2, 0.25) is 0 Å². The number of methoxy groups -OCH3 is 1. The standard InChI is InChI=1S/C15H22N4O2/c1-3-4-5-6-8-12-11-16-13-14(17-12)19(15(20)18-13)9-7-10-21-2/h6,8,11H,3-5,7,9-10H2,1-2H3,(H,16,18,20)/b8-6+. The first kappa shape index (κ1) is 15.4. The topological polar surface area (TPSA) is 72.8 Å². The largest absolute Gasteiger partial charge is 0.385 e. The molecular formula is C15H22N4O2. The Bertz CT molecular complexity index is 657. The molecule has 114 valence electrons. The Morgan fingerprint density at radius 1 is 1.43 bits per heavy atom. The maximum absolute atomic E-state index is 11.9. The van der Waals surface area contributed by atoms with Crippen LogP contribution in [0.5, 0.6) is 0 Å². The number of aryl methyl sites for hydroxylation is 1. The number of rotatable bonds is 8. The molecule has 0 saturated heterocycles. The summed E-state index contributed by atoms with van der Waals surface area (Å²) in [6.45, 7) is 3.35. The molecule has 0 bridgehead atoms. The van der Waals surface area contributed by atoms with Gasteiger partial charge in [0.15, 0.2) is 11.3 Å². The number of allylic oxidation sites excluding steroid dienone is 1. The van der Waals surface area contributed by atoms with Gasteiger partial charge < -0.3 is 4.74 Å². The lowest BCUT2D eigenvalue weighted by molar-refractivity contribution is 0.190. The number of imidazole rings is 1. The lowest BCUT2D eigenvalue weighted by Gasteiger charge is -2.02. The van der Waals surface area contributed by atoms with Gasteiger partial charge in [-0.1, -0.05) is 25.8 Å². The summed E-state index contributed by atoms with van der Waals surface area (Å²) in [7, 11) is 1.65. The molecule has 1 N–H and O–H groups in total. The van der Waals surface area contributed by atoms with E-state index >= 15 is 0 Å². The number of unbranched alkanes of at least 4 members (excludes halogenated alkanes) is 2. The van der Waals surface area contributed by atoms with Crippen molar-refractivity contribution in [1.82, 2.24) is 19.5 Å². The Morgan fingerprint density at radius 3 is 3.05 bits per heavy atom. The number of aromatic nitrogens is 4. The van der Waals surface area contributed by atoms with Gasteiger partial charge in [-0.05, 0) is 18.9 Å². The normalized spacial score (nSPS) is 11.7. The highest BCUT2D eigenvalue weighted by Gasteiger charge is 2.09. The van der Waals surface area contributed by atoms with E-state index in [0.29, 0.717) is 24.4 Å². The van der Waals surface area contributed by atoms with Gasteiger partial charge in [-0.15, -0.1) is 0 Å². The zero-order valence-corrected chi connectivity index (χ0v) is 12.6. The van der Waals surface area contributed by atoms with E-state index in [1.165, 1.54) is 6.42 Å². The van der Waals surface area contributed by atoms with E-state index in [9.17, 15) is 4.79 Å². The van der Waals surface area contributed by atoms with Crippen molar-refractivity contribution in [2.24, 2.45) is 0 Å². The Labute approximate surface area is 123 Å². The molecular weight excluding hydrogens is 268 g/mol. The molecule has 2 aromatic rings. The molecule has 0 aliphatic carbocycles. The Hall–Kier alpha value is -1.95. The van der Waals surface area contributed by atoms with E-state index in [0.717, 1.165) is 25.0 Å². The predicted octanol–water partition coefficient (Wildman–Crippen LogP) is 2.36. The molecule has 0 fully saturated rings. The quantitative estimate of drug-likeness (QED) is 0.757. The van der Waals surface area contributed by atoms with Crippen molar-refractivity contribution < 1.29 is 4.74 Å². The van der Waals surface area contributed by atoms with Gasteiger partial charge in [0.2, 0.25) is 0 Å². The van der Waals surface area contributed by atoms with Gasteiger partial charge in [-0.25, -0.2) is 14.8 Å². The van der Waals surface area contributed by atoms with E-state index < -0.39 is 0 Å². The summed E-state index contributed by atoms with van der Waals surface area (Å²) in [6.07, 6.45) is 9.87. The minimum atomic E-state index is -0.173. The highest BCUT2D eigenvalue weighted by Crippen LogP contribution is 2.08. The first-order valence-electron chi connectivity index (χ1n) is 7.37. The third kappa shape index (κ3) is 4.01. The van der Waals surface area contributed by atoms with Gasteiger partial charge in [0.05, 0.1) is 11.9 Å². The molecule has 0 aliphatic rings. The van der Waals surface area contributed by atoms with Gasteiger partial charge in [0.25, 0.3) is 0 Å². The predicted molar refractivity (Wildman–Crippen MR) is 83.2 cm³/mol. The van der Waals surface area contributed by atoms with Crippen LogP contribution >= 0.6 is 0 Å². The van der Waals surface area contributed by atoms with Gasteiger partial charge in [0, 0.05) is 20.3 Å². The van der Waals surface area contributed by atoms with E-state index in [1.54, 1.807) is 17.9 Å². The summed E-state index contributed by atoms with van der Waals surface area (Å²) < 4.78 is 6.63. The van der Waals surface area contributed by atoms with Crippen LogP contribution < -0.4 is 5.69 Å². The Morgan fingerprint density at radius 2 is 2.29 bits per heavy atom. The van der Waals surface area contributed by atoms with Crippen molar-refractivity contribution in [3.8, 4) is 0 Å². The molecule has 0 aliphatic heterocycles. The number of hydrogen-bond donors (Lipinski definition) is 1. The lowest BCUT2D eigenvalue weighted by atomic mass is 10.2. The number of H-pyrrole nitrogens is 1. The van der Waals surface area contributed by atoms with Gasteiger partial charge in [0.1, 0.15) is 0 Å². The zero-order valence-electron chi connectivity index (χ0n) is 12.6. The molecule has 0 atom stereocenters. The highest BCUT2D eigenvalue weighted by atomic mass is 16.5. The fraction of sp³-hybridized carbons (Fsp3) is 0.533. The van der Waals surface area contributed by atoms with Crippen LogP contribution in [-0.2, 0) is 11.3 Å². The number of nitrogens with one attached hydrogen (secondary N) is 1. The van der Waals surface area contributed by atoms with E-state index in [-0.39, 0.29) is 5.69 Å². The molecule has 0 saturated carbocycles. The summed E-state index contributed by atoms with van der Waals surface area (Å²) in [5.74, 6) is 0. The number of hydrogen-bond acceptors (Lipinski definition) is 4. The van der Waals surface area contributed by atoms with Gasteiger partial charge in [-0.3, -0.25) is 9.55 Å². The van der Waals surface area contributed by atoms with Crippen LogP contribution in [0.3, 0.4) is 0 Å². The molecule has 6 heteroatoms. The van der Waals surface area contributed by atoms with Gasteiger partial charge >= 0.3 is 5.69 Å². The second kappa shape index (κ2) is 7.73. The maximum atomic E-state index is 11.9. The molecule has 2 heterocycles. The molecule has 21 heavy (non-hydrogen) atoms. The van der Waals surface area contributed by atoms with Crippen LogP contribution in [0, 0.1) is 0 Å². The number of fused-ring (bicyclic) bond motifs is 1. The minimum absolute atomic E-state index is 0.173. The zero-order chi connectivity index (χ0) is 15.1. The van der Waals surface area contributed by atoms with Crippen molar-refractivity contribution in [3.05, 3.63) is 28.5 Å². The van der Waals surface area contributed by atoms with Crippen molar-refractivity contribution >= 4 is 17.4 Å². The third-order valence-corrected chi connectivity index (χ3v) is 3.24. The lowest BCUT2D eigenvalue weighted by Crippen LogP contribution is -2.18. The summed E-state index contributed by atoms with van der Waals surface area (Å²) in [5, 5.41) is 0. The van der Waals surface area contributed by atoms with E-state index in [2.05, 4.69) is 28.0 Å².